The zero-order valence-electron chi connectivity index (χ0n) is 13.3. The Balaban J connectivity index is 2.14. The van der Waals surface area contributed by atoms with E-state index >= 15 is 0 Å². The van der Waals surface area contributed by atoms with E-state index in [0.717, 1.165) is 0 Å². The van der Waals surface area contributed by atoms with Gasteiger partial charge in [-0.05, 0) is 18.6 Å². The van der Waals surface area contributed by atoms with Gasteiger partial charge in [-0.1, -0.05) is 19.1 Å². The Morgan fingerprint density at radius 1 is 1.25 bits per heavy atom. The average molecular weight is 329 g/mol. The van der Waals surface area contributed by atoms with Gasteiger partial charge in [0.25, 0.3) is 5.56 Å². The molecule has 2 rings (SSSR count). The number of carbonyl (C=O) groups is 2. The lowest BCUT2D eigenvalue weighted by molar-refractivity contribution is -0.123. The summed E-state index contributed by atoms with van der Waals surface area (Å²) < 4.78 is 0. The smallest absolute Gasteiger partial charge is 0.251 e. The van der Waals surface area contributed by atoms with Crippen LogP contribution in [-0.4, -0.2) is 34.9 Å². The first-order valence-corrected chi connectivity index (χ1v) is 7.49. The molecule has 1 aromatic carbocycles. The van der Waals surface area contributed by atoms with Crippen molar-refractivity contribution < 1.29 is 9.59 Å². The topological polar surface area (TPSA) is 130 Å². The molecule has 1 aromatic heterocycles. The second-order valence-corrected chi connectivity index (χ2v) is 5.05. The Kier molecular flexibility index (Phi) is 5.80. The monoisotopic (exact) mass is 329 g/mol. The Bertz CT molecular complexity index is 800. The van der Waals surface area contributed by atoms with Gasteiger partial charge in [-0.25, -0.2) is 4.98 Å². The number of nitrogens with zero attached hydrogens (tertiary/aromatic N) is 1. The third-order valence-corrected chi connectivity index (χ3v) is 3.21. The van der Waals surface area contributed by atoms with Gasteiger partial charge in [0.1, 0.15) is 5.82 Å². The van der Waals surface area contributed by atoms with Gasteiger partial charge in [-0.3, -0.25) is 14.4 Å². The van der Waals surface area contributed by atoms with Crippen LogP contribution in [0.25, 0.3) is 11.4 Å². The third-order valence-electron chi connectivity index (χ3n) is 3.21. The van der Waals surface area contributed by atoms with Crippen LogP contribution in [0.1, 0.15) is 12.6 Å². The number of aryl methyl sites for hydroxylation is 1. The highest BCUT2D eigenvalue weighted by Gasteiger charge is 2.07. The second-order valence-electron chi connectivity index (χ2n) is 5.05. The summed E-state index contributed by atoms with van der Waals surface area (Å²) >= 11 is 0. The molecule has 0 fully saturated rings. The van der Waals surface area contributed by atoms with E-state index in [1.165, 1.54) is 6.07 Å². The third kappa shape index (κ3) is 4.75. The molecule has 0 unspecified atom stereocenters. The summed E-state index contributed by atoms with van der Waals surface area (Å²) in [7, 11) is 0. The van der Waals surface area contributed by atoms with Crippen LogP contribution in [0.4, 0.5) is 5.69 Å². The first-order valence-electron chi connectivity index (χ1n) is 7.49. The number of hydrogen-bond acceptors (Lipinski definition) is 5. The van der Waals surface area contributed by atoms with Crippen LogP contribution >= 0.6 is 0 Å². The molecule has 2 aromatic rings. The van der Waals surface area contributed by atoms with E-state index in [-0.39, 0.29) is 24.6 Å². The molecule has 0 spiro atoms. The maximum absolute atomic E-state index is 11.8. The van der Waals surface area contributed by atoms with Gasteiger partial charge >= 0.3 is 0 Å². The van der Waals surface area contributed by atoms with Crippen molar-refractivity contribution in [2.24, 2.45) is 5.73 Å². The Morgan fingerprint density at radius 3 is 2.75 bits per heavy atom. The fourth-order valence-electron chi connectivity index (χ4n) is 2.03. The molecule has 0 atom stereocenters. The number of aromatic amines is 1. The van der Waals surface area contributed by atoms with Crippen molar-refractivity contribution in [2.75, 3.05) is 18.4 Å². The zero-order chi connectivity index (χ0) is 17.5. The summed E-state index contributed by atoms with van der Waals surface area (Å²) in [4.78, 5) is 41.6. The molecule has 8 nitrogen and oxygen atoms in total. The molecular formula is C16H19N5O3. The van der Waals surface area contributed by atoms with Crippen molar-refractivity contribution in [3.63, 3.8) is 0 Å². The molecule has 0 aliphatic heterocycles. The summed E-state index contributed by atoms with van der Waals surface area (Å²) in [6.07, 6.45) is 0.647. The van der Waals surface area contributed by atoms with Gasteiger partial charge in [0.15, 0.2) is 0 Å². The lowest BCUT2D eigenvalue weighted by atomic mass is 10.1. The molecule has 8 heteroatoms. The van der Waals surface area contributed by atoms with E-state index in [1.54, 1.807) is 24.3 Å². The molecule has 1 heterocycles. The lowest BCUT2D eigenvalue weighted by Crippen LogP contribution is -2.36. The first kappa shape index (κ1) is 17.4. The molecular weight excluding hydrogens is 310 g/mol. The molecule has 0 aliphatic carbocycles. The van der Waals surface area contributed by atoms with Crippen LogP contribution in [0, 0.1) is 0 Å². The van der Waals surface area contributed by atoms with Crippen molar-refractivity contribution in [2.45, 2.75) is 13.3 Å². The van der Waals surface area contributed by atoms with Crippen LogP contribution in [0.5, 0.6) is 0 Å². The average Bonchev–Trinajstić information content (AvgIpc) is 2.59. The van der Waals surface area contributed by atoms with Crippen LogP contribution in [0.2, 0.25) is 0 Å². The van der Waals surface area contributed by atoms with Crippen molar-refractivity contribution in [3.8, 4) is 11.4 Å². The fourth-order valence-corrected chi connectivity index (χ4v) is 2.03. The van der Waals surface area contributed by atoms with E-state index in [0.29, 0.717) is 29.2 Å². The normalized spacial score (nSPS) is 10.2. The highest BCUT2D eigenvalue weighted by Crippen LogP contribution is 2.18. The molecule has 5 N–H and O–H groups in total. The van der Waals surface area contributed by atoms with Gasteiger partial charge in [-0.2, -0.15) is 0 Å². The van der Waals surface area contributed by atoms with Gasteiger partial charge in [0.05, 0.1) is 13.1 Å². The number of amides is 2. The molecule has 126 valence electrons. The van der Waals surface area contributed by atoms with Gasteiger partial charge < -0.3 is 21.4 Å². The SMILES string of the molecule is CCc1cc(=O)[nH]c(-c2cccc(NC(=O)CNC(=O)CN)c2)n1. The van der Waals surface area contributed by atoms with E-state index in [2.05, 4.69) is 20.6 Å². The summed E-state index contributed by atoms with van der Waals surface area (Å²) in [6.45, 7) is 1.58. The van der Waals surface area contributed by atoms with Crippen molar-refractivity contribution in [1.29, 1.82) is 0 Å². The Hall–Kier alpha value is -3.00. The van der Waals surface area contributed by atoms with E-state index in [1.807, 2.05) is 6.92 Å². The maximum Gasteiger partial charge on any atom is 0.251 e. The molecule has 0 aliphatic rings. The van der Waals surface area contributed by atoms with Gasteiger partial charge in [0.2, 0.25) is 11.8 Å². The highest BCUT2D eigenvalue weighted by atomic mass is 16.2. The van der Waals surface area contributed by atoms with E-state index in [9.17, 15) is 14.4 Å². The predicted octanol–water partition coefficient (Wildman–Crippen LogP) is 0.0127. The zero-order valence-corrected chi connectivity index (χ0v) is 13.3. The first-order chi connectivity index (χ1) is 11.5. The summed E-state index contributed by atoms with van der Waals surface area (Å²) in [5, 5.41) is 5.05. The highest BCUT2D eigenvalue weighted by molar-refractivity contribution is 5.95. The summed E-state index contributed by atoms with van der Waals surface area (Å²) in [5.74, 6) is -0.346. The Labute approximate surface area is 138 Å². The van der Waals surface area contributed by atoms with Crippen LogP contribution in [-0.2, 0) is 16.0 Å². The number of aromatic nitrogens is 2. The number of anilines is 1. The van der Waals surface area contributed by atoms with Crippen molar-refractivity contribution in [1.82, 2.24) is 15.3 Å². The largest absolute Gasteiger partial charge is 0.346 e. The molecule has 24 heavy (non-hydrogen) atoms. The Morgan fingerprint density at radius 2 is 2.04 bits per heavy atom. The second kappa shape index (κ2) is 8.02. The number of rotatable bonds is 6. The minimum absolute atomic E-state index is 0.166. The number of nitrogens with one attached hydrogen (secondary N) is 3. The van der Waals surface area contributed by atoms with Gasteiger partial charge in [-0.15, -0.1) is 0 Å². The predicted molar refractivity (Wildman–Crippen MR) is 90.4 cm³/mol. The minimum atomic E-state index is -0.406. The minimum Gasteiger partial charge on any atom is -0.346 e. The fraction of sp³-hybridized carbons (Fsp3) is 0.250. The molecule has 0 saturated heterocycles. The summed E-state index contributed by atoms with van der Waals surface area (Å²) in [5.41, 5.74) is 6.82. The van der Waals surface area contributed by atoms with E-state index in [4.69, 9.17) is 5.73 Å². The number of benzene rings is 1. The number of carbonyl (C=O) groups excluding carboxylic acids is 2. The quantitative estimate of drug-likeness (QED) is 0.593. The summed E-state index contributed by atoms with van der Waals surface area (Å²) in [6, 6.07) is 8.37. The lowest BCUT2D eigenvalue weighted by Gasteiger charge is -2.08. The van der Waals surface area contributed by atoms with Gasteiger partial charge in [0, 0.05) is 23.0 Å². The standard InChI is InChI=1S/C16H19N5O3/c1-2-11-7-13(22)21-16(20-11)10-4-3-5-12(6-10)19-15(24)9-18-14(23)8-17/h3-7H,2,8-9,17H2,1H3,(H,18,23)(H,19,24)(H,20,21,22). The van der Waals surface area contributed by atoms with E-state index < -0.39 is 5.91 Å². The molecule has 0 saturated carbocycles. The number of nitrogens with two attached hydrogens (primary N) is 1. The molecule has 2 amide bonds. The maximum atomic E-state index is 11.8. The molecule has 0 bridgehead atoms. The van der Waals surface area contributed by atoms with Crippen LogP contribution in [0.15, 0.2) is 35.1 Å². The van der Waals surface area contributed by atoms with Crippen molar-refractivity contribution in [3.05, 3.63) is 46.4 Å². The number of hydrogen-bond donors (Lipinski definition) is 4. The van der Waals surface area contributed by atoms with Crippen LogP contribution in [0.3, 0.4) is 0 Å². The number of H-pyrrole nitrogens is 1. The van der Waals surface area contributed by atoms with Crippen molar-refractivity contribution >= 4 is 17.5 Å². The van der Waals surface area contributed by atoms with Crippen LogP contribution < -0.4 is 21.9 Å². The molecule has 0 radical (unpaired) electrons.